The minimum atomic E-state index is -5.08. The van der Waals surface area contributed by atoms with E-state index in [1.807, 2.05) is 44.2 Å². The molecule has 0 aliphatic heterocycles. The molecule has 4 rings (SSSR count). The molecule has 21 heteroatoms. The molecular formula is C35H38F6N8O7. The zero-order chi connectivity index (χ0) is 42.6. The van der Waals surface area contributed by atoms with Crippen LogP contribution in [-0.4, -0.2) is 68.8 Å². The molecule has 0 saturated carbocycles. The van der Waals surface area contributed by atoms with Gasteiger partial charge in [0.1, 0.15) is 12.4 Å². The van der Waals surface area contributed by atoms with Gasteiger partial charge < -0.3 is 37.6 Å². The summed E-state index contributed by atoms with van der Waals surface area (Å²) in [6.07, 6.45) is -3.39. The van der Waals surface area contributed by atoms with Crippen LogP contribution in [0.2, 0.25) is 0 Å². The summed E-state index contributed by atoms with van der Waals surface area (Å²) >= 11 is 0. The first kappa shape index (κ1) is 47.1. The zero-order valence-corrected chi connectivity index (χ0v) is 29.6. The Hall–Kier alpha value is -6.93. The minimum Gasteiger partial charge on any atom is -0.483 e. The first-order valence-corrected chi connectivity index (χ1v) is 15.8. The molecule has 0 bridgehead atoms. The van der Waals surface area contributed by atoms with Crippen LogP contribution in [0.3, 0.4) is 0 Å². The van der Waals surface area contributed by atoms with E-state index < -0.39 is 30.3 Å². The van der Waals surface area contributed by atoms with Crippen molar-refractivity contribution in [1.29, 1.82) is 5.41 Å². The summed E-state index contributed by atoms with van der Waals surface area (Å²) in [7, 11) is 0. The van der Waals surface area contributed by atoms with Crippen molar-refractivity contribution in [3.05, 3.63) is 106 Å². The van der Waals surface area contributed by atoms with E-state index in [2.05, 4.69) is 20.9 Å². The van der Waals surface area contributed by atoms with Crippen LogP contribution in [0, 0.1) is 5.41 Å². The normalized spacial score (nSPS) is 10.3. The monoisotopic (exact) mass is 796 g/mol. The van der Waals surface area contributed by atoms with Gasteiger partial charge in [-0.2, -0.15) is 26.3 Å². The number of carbonyl (C=O) groups excluding carboxylic acids is 2. The second kappa shape index (κ2) is 23.0. The van der Waals surface area contributed by atoms with Gasteiger partial charge in [0, 0.05) is 35.1 Å². The smallest absolute Gasteiger partial charge is 0.483 e. The molecule has 0 fully saturated rings. The number of halogens is 6. The topological polar surface area (TPSA) is 256 Å². The van der Waals surface area contributed by atoms with Gasteiger partial charge >= 0.3 is 18.8 Å². The fourth-order valence-electron chi connectivity index (χ4n) is 4.31. The van der Waals surface area contributed by atoms with Crippen molar-refractivity contribution in [1.82, 2.24) is 14.9 Å². The molecule has 0 radical (unpaired) electrons. The first-order valence-electron chi connectivity index (χ1n) is 15.8. The number of benzene rings is 3. The van der Waals surface area contributed by atoms with Crippen LogP contribution in [0.4, 0.5) is 43.5 Å². The number of aromatic nitrogens is 2. The number of nitrogens with two attached hydrogens (primary N) is 2. The molecule has 15 nitrogen and oxygen atoms in total. The maximum absolute atomic E-state index is 13.5. The van der Waals surface area contributed by atoms with Gasteiger partial charge in [0.2, 0.25) is 11.8 Å². The molecule has 1 aromatic heterocycles. The Bertz CT molecular complexity index is 1980. The van der Waals surface area contributed by atoms with Crippen LogP contribution in [-0.2, 0) is 38.7 Å². The molecule has 0 atom stereocenters. The largest absolute Gasteiger partial charge is 0.490 e. The summed E-state index contributed by atoms with van der Waals surface area (Å²) in [4.78, 5) is 60.8. The van der Waals surface area contributed by atoms with Crippen molar-refractivity contribution >= 4 is 47.3 Å². The van der Waals surface area contributed by atoms with Gasteiger partial charge in [-0.15, -0.1) is 0 Å². The van der Waals surface area contributed by atoms with Crippen LogP contribution < -0.4 is 33.0 Å². The Kier molecular flexibility index (Phi) is 19.3. The van der Waals surface area contributed by atoms with Crippen molar-refractivity contribution < 1.29 is 55.7 Å². The van der Waals surface area contributed by atoms with Crippen molar-refractivity contribution in [2.45, 2.75) is 52.3 Å². The molecule has 0 aliphatic rings. The average Bonchev–Trinajstić information content (AvgIpc) is 3.09. The number of aliphatic carboxylic acids is 1. The maximum Gasteiger partial charge on any atom is 0.490 e. The molecule has 0 aliphatic carbocycles. The summed E-state index contributed by atoms with van der Waals surface area (Å²) in [6.45, 7) is -0.212. The summed E-state index contributed by atoms with van der Waals surface area (Å²) in [6, 6.07) is 21.2. The van der Waals surface area contributed by atoms with E-state index in [9.17, 15) is 40.7 Å². The predicted octanol–water partition coefficient (Wildman–Crippen LogP) is 4.61. The number of rotatable bonds is 11. The lowest BCUT2D eigenvalue weighted by atomic mass is 10.1. The summed E-state index contributed by atoms with van der Waals surface area (Å²) in [5, 5.41) is 30.2. The van der Waals surface area contributed by atoms with Gasteiger partial charge in [0.05, 0.1) is 18.3 Å². The van der Waals surface area contributed by atoms with E-state index in [1.54, 1.807) is 42.5 Å². The second-order valence-corrected chi connectivity index (χ2v) is 11.3. The lowest BCUT2D eigenvalue weighted by Crippen LogP contribution is -2.35. The third-order valence-electron chi connectivity index (χ3n) is 6.52. The quantitative estimate of drug-likeness (QED) is 0.0342. The van der Waals surface area contributed by atoms with Gasteiger partial charge in [-0.05, 0) is 43.2 Å². The fourth-order valence-corrected chi connectivity index (χ4v) is 4.31. The SMILES string of the molecule is CC(C)Nc1ncc(-c2cc(N)cc(NC(=O)Cc3ccccc3)c2)n(CC(=O)NCc2ccc(C(=N)N)cc2)c1=O.FC(F)F.O=C(O)C(F)(F)F.O=CO. The first-order chi connectivity index (χ1) is 26.2. The number of carbonyl (C=O) groups is 4. The highest BCUT2D eigenvalue weighted by molar-refractivity contribution is 5.95. The number of carboxylic acid groups (broad SMARTS) is 2. The van der Waals surface area contributed by atoms with Crippen molar-refractivity contribution in [2.24, 2.45) is 5.73 Å². The average molecular weight is 797 g/mol. The lowest BCUT2D eigenvalue weighted by molar-refractivity contribution is -0.192. The van der Waals surface area contributed by atoms with Gasteiger partial charge in [-0.25, -0.2) is 9.78 Å². The molecule has 0 saturated heterocycles. The molecule has 0 unspecified atom stereocenters. The van der Waals surface area contributed by atoms with E-state index in [0.717, 1.165) is 11.1 Å². The molecule has 302 valence electrons. The van der Waals surface area contributed by atoms with Gasteiger partial charge in [-0.1, -0.05) is 54.6 Å². The van der Waals surface area contributed by atoms with Crippen LogP contribution >= 0.6 is 0 Å². The van der Waals surface area contributed by atoms with E-state index >= 15 is 0 Å². The Labute approximate surface area is 314 Å². The number of amidine groups is 1. The number of hydrogen-bond acceptors (Lipinski definition) is 9. The van der Waals surface area contributed by atoms with Crippen molar-refractivity contribution in [3.63, 3.8) is 0 Å². The molecule has 56 heavy (non-hydrogen) atoms. The summed E-state index contributed by atoms with van der Waals surface area (Å²) < 4.78 is 62.1. The highest BCUT2D eigenvalue weighted by Crippen LogP contribution is 2.26. The molecule has 3 aromatic carbocycles. The van der Waals surface area contributed by atoms with E-state index in [0.29, 0.717) is 28.2 Å². The summed E-state index contributed by atoms with van der Waals surface area (Å²) in [5.41, 5.74) is 15.2. The van der Waals surface area contributed by atoms with Crippen LogP contribution in [0.25, 0.3) is 11.3 Å². The van der Waals surface area contributed by atoms with Crippen molar-refractivity contribution in [2.75, 3.05) is 16.4 Å². The minimum absolute atomic E-state index is 0.0403. The lowest BCUT2D eigenvalue weighted by Gasteiger charge is -2.17. The van der Waals surface area contributed by atoms with E-state index in [-0.39, 0.29) is 49.6 Å². The second-order valence-electron chi connectivity index (χ2n) is 11.3. The Morgan fingerprint density at radius 1 is 0.964 bits per heavy atom. The predicted molar refractivity (Wildman–Crippen MR) is 195 cm³/mol. The number of hydrogen-bond donors (Lipinski definition) is 8. The fraction of sp³-hybridized carbons (Fsp3) is 0.229. The number of anilines is 3. The van der Waals surface area contributed by atoms with Crippen LogP contribution in [0.5, 0.6) is 0 Å². The zero-order valence-electron chi connectivity index (χ0n) is 29.6. The standard InChI is InChI=1S/C31H34N8O3.C2HF3O2.CHF3.CH2O2/c1-19(2)37-30-31(42)39(18-28(41)35-16-21-8-10-22(11-9-21)29(33)34)26(17-36-30)23-13-24(32)15-25(14-23)38-27(40)12-20-6-4-3-5-7-20;3-2(4,5)1(6)7;2-1(3)4;2-1-3/h3-11,13-15,17,19H,12,16,18,32H2,1-2H3,(H3,33,34)(H,35,41)(H,36,37)(H,38,40);(H,6,7);1H;1H,(H,2,3). The maximum atomic E-state index is 13.5. The molecule has 2 amide bonds. The number of nitrogens with one attached hydrogen (secondary N) is 4. The highest BCUT2D eigenvalue weighted by Gasteiger charge is 2.38. The Balaban J connectivity index is 0.000000961. The van der Waals surface area contributed by atoms with Gasteiger partial charge in [-0.3, -0.25) is 29.2 Å². The van der Waals surface area contributed by atoms with Gasteiger partial charge in [0.25, 0.3) is 12.0 Å². The van der Waals surface area contributed by atoms with Crippen LogP contribution in [0.1, 0.15) is 30.5 Å². The third-order valence-corrected chi connectivity index (χ3v) is 6.52. The van der Waals surface area contributed by atoms with E-state index in [4.69, 9.17) is 36.7 Å². The van der Waals surface area contributed by atoms with Gasteiger partial charge in [0.15, 0.2) is 5.82 Å². The van der Waals surface area contributed by atoms with Crippen molar-refractivity contribution in [3.8, 4) is 11.3 Å². The number of nitrogens with zero attached hydrogens (tertiary/aromatic N) is 2. The number of alkyl halides is 6. The number of carboxylic acids is 1. The Morgan fingerprint density at radius 2 is 1.52 bits per heavy atom. The number of amides is 2. The Morgan fingerprint density at radius 3 is 2.02 bits per heavy atom. The number of nitrogen functional groups attached to an aromatic ring is 2. The third kappa shape index (κ3) is 17.7. The van der Waals surface area contributed by atoms with E-state index in [1.165, 1.54) is 10.8 Å². The summed E-state index contributed by atoms with van der Waals surface area (Å²) in [5.74, 6) is -3.30. The molecule has 4 aromatic rings. The molecular weight excluding hydrogens is 758 g/mol. The molecule has 0 spiro atoms. The molecule has 10 N–H and O–H groups in total. The van der Waals surface area contributed by atoms with Crippen LogP contribution in [0.15, 0.2) is 83.8 Å². The highest BCUT2D eigenvalue weighted by atomic mass is 19.4. The molecule has 1 heterocycles.